The topological polar surface area (TPSA) is 117 Å². The van der Waals surface area contributed by atoms with Gasteiger partial charge in [-0.15, -0.1) is 0 Å². The summed E-state index contributed by atoms with van der Waals surface area (Å²) in [7, 11) is 3.99. The lowest BCUT2D eigenvalue weighted by Gasteiger charge is -2.11. The maximum absolute atomic E-state index is 13.5. The average Bonchev–Trinajstić information content (AvgIpc) is 2.94. The van der Waals surface area contributed by atoms with E-state index in [0.717, 1.165) is 40.6 Å². The lowest BCUT2D eigenvalue weighted by atomic mass is 9.98. The van der Waals surface area contributed by atoms with Gasteiger partial charge in [-0.05, 0) is 55.6 Å². The van der Waals surface area contributed by atoms with Crippen molar-refractivity contribution in [3.8, 4) is 11.8 Å². The van der Waals surface area contributed by atoms with Crippen molar-refractivity contribution in [1.82, 2.24) is 19.8 Å². The summed E-state index contributed by atoms with van der Waals surface area (Å²) < 4.78 is 27.8. The number of anilines is 1. The molecule has 4 N–H and O–H groups in total. The van der Waals surface area contributed by atoms with Crippen molar-refractivity contribution in [3.05, 3.63) is 129 Å². The summed E-state index contributed by atoms with van der Waals surface area (Å²) in [5, 5.41) is 11.1. The van der Waals surface area contributed by atoms with Crippen molar-refractivity contribution in [2.24, 2.45) is 0 Å². The zero-order valence-electron chi connectivity index (χ0n) is 22.5. The summed E-state index contributed by atoms with van der Waals surface area (Å²) >= 11 is 0. The predicted molar refractivity (Wildman–Crippen MR) is 154 cm³/mol. The summed E-state index contributed by atoms with van der Waals surface area (Å²) in [6.45, 7) is 0.678. The van der Waals surface area contributed by atoms with E-state index in [4.69, 9.17) is 11.1 Å². The molecule has 3 aromatic carbocycles. The van der Waals surface area contributed by atoms with E-state index in [1.54, 1.807) is 18.2 Å². The molecule has 8 nitrogen and oxygen atoms in total. The Bertz CT molecular complexity index is 1720. The van der Waals surface area contributed by atoms with Crippen LogP contribution in [0.15, 0.2) is 78.0 Å². The molecular formula is C31H28F2N6O2. The van der Waals surface area contributed by atoms with Crippen LogP contribution in [-0.4, -0.2) is 46.7 Å². The van der Waals surface area contributed by atoms with E-state index in [1.807, 2.05) is 38.4 Å². The van der Waals surface area contributed by atoms with Crippen molar-refractivity contribution >= 4 is 17.3 Å². The minimum absolute atomic E-state index is 0.0485. The van der Waals surface area contributed by atoms with Gasteiger partial charge in [0.05, 0.1) is 25.1 Å². The molecule has 0 atom stereocenters. The van der Waals surface area contributed by atoms with Crippen LogP contribution >= 0.6 is 0 Å². The van der Waals surface area contributed by atoms with Gasteiger partial charge >= 0.3 is 0 Å². The monoisotopic (exact) mass is 554 g/mol. The number of nitrogen functional groups attached to an aromatic ring is 1. The number of hydrogen-bond acceptors (Lipinski definition) is 6. The fraction of sp³-hybridized carbons (Fsp3) is 0.161. The van der Waals surface area contributed by atoms with E-state index >= 15 is 0 Å². The molecule has 1 heterocycles. The molecule has 41 heavy (non-hydrogen) atoms. The molecule has 4 aromatic rings. The Kier molecular flexibility index (Phi) is 9.02. The van der Waals surface area contributed by atoms with Crippen LogP contribution in [0.3, 0.4) is 0 Å². The third-order valence-electron chi connectivity index (χ3n) is 6.11. The van der Waals surface area contributed by atoms with Gasteiger partial charge in [0.25, 0.3) is 11.5 Å². The Labute approximate surface area is 236 Å². The van der Waals surface area contributed by atoms with Crippen molar-refractivity contribution in [2.75, 3.05) is 26.4 Å². The third kappa shape index (κ3) is 7.29. The van der Waals surface area contributed by atoms with Crippen LogP contribution in [0.4, 0.5) is 14.5 Å². The molecule has 0 saturated heterocycles. The number of benzene rings is 3. The van der Waals surface area contributed by atoms with E-state index < -0.39 is 23.1 Å². The Balaban J connectivity index is 1.38. The van der Waals surface area contributed by atoms with Gasteiger partial charge < -0.3 is 16.0 Å². The molecular weight excluding hydrogens is 526 g/mol. The van der Waals surface area contributed by atoms with E-state index in [2.05, 4.69) is 27.0 Å². The standard InChI is InChI=1S/C31H28F2N6O2/c1-38(2)17-21-5-9-23(10-6-21)29(35)24-11-7-20(15-28(24)34)4-3-13-37-30(40)25-16-36-19-39(31(25)41)18-22-8-12-26(32)27(33)14-22/h5-12,14-16,19,35H,13,17-18,34H2,1-2H3,(H,37,40). The molecule has 208 valence electrons. The number of carbonyl (C=O) groups is 1. The molecule has 0 aliphatic heterocycles. The SMILES string of the molecule is CN(C)Cc1ccc(C(=N)c2ccc(C#CCNC(=O)c3cncn(Cc4ccc(F)c(F)c4)c3=O)cc2N)cc1. The number of rotatable bonds is 8. The minimum atomic E-state index is -1.03. The highest BCUT2D eigenvalue weighted by atomic mass is 19.2. The molecule has 0 fully saturated rings. The molecule has 0 bridgehead atoms. The maximum atomic E-state index is 13.5. The van der Waals surface area contributed by atoms with Crippen LogP contribution in [0.1, 0.15) is 38.2 Å². The fourth-order valence-electron chi connectivity index (χ4n) is 4.09. The third-order valence-corrected chi connectivity index (χ3v) is 6.11. The summed E-state index contributed by atoms with van der Waals surface area (Å²) in [5.41, 5.74) is 9.51. The van der Waals surface area contributed by atoms with Gasteiger partial charge in [0.1, 0.15) is 5.56 Å². The summed E-state index contributed by atoms with van der Waals surface area (Å²) in [6, 6.07) is 16.2. The van der Waals surface area contributed by atoms with Gasteiger partial charge in [0.2, 0.25) is 0 Å². The fourth-order valence-corrected chi connectivity index (χ4v) is 4.09. The molecule has 0 aliphatic rings. The van der Waals surface area contributed by atoms with Gasteiger partial charge in [-0.3, -0.25) is 19.6 Å². The summed E-state index contributed by atoms with van der Waals surface area (Å²) in [5.74, 6) is 3.03. The van der Waals surface area contributed by atoms with Gasteiger partial charge in [0, 0.05) is 35.1 Å². The number of nitrogens with zero attached hydrogens (tertiary/aromatic N) is 3. The largest absolute Gasteiger partial charge is 0.398 e. The number of halogens is 2. The van der Waals surface area contributed by atoms with Gasteiger partial charge in [0.15, 0.2) is 11.6 Å². The highest BCUT2D eigenvalue weighted by molar-refractivity contribution is 6.13. The van der Waals surface area contributed by atoms with Crippen LogP contribution in [0.2, 0.25) is 0 Å². The van der Waals surface area contributed by atoms with Crippen LogP contribution in [-0.2, 0) is 13.1 Å². The maximum Gasteiger partial charge on any atom is 0.266 e. The minimum Gasteiger partial charge on any atom is -0.398 e. The van der Waals surface area contributed by atoms with Crippen molar-refractivity contribution in [1.29, 1.82) is 5.41 Å². The van der Waals surface area contributed by atoms with E-state index in [-0.39, 0.29) is 18.7 Å². The number of aromatic nitrogens is 2. The molecule has 0 radical (unpaired) electrons. The van der Waals surface area contributed by atoms with E-state index in [0.29, 0.717) is 28.1 Å². The average molecular weight is 555 g/mol. The molecule has 0 saturated carbocycles. The first-order valence-electron chi connectivity index (χ1n) is 12.6. The van der Waals surface area contributed by atoms with E-state index in [9.17, 15) is 18.4 Å². The Morgan fingerprint density at radius 1 is 1.02 bits per heavy atom. The molecule has 0 spiro atoms. The summed E-state index contributed by atoms with van der Waals surface area (Å²) in [4.78, 5) is 31.3. The number of nitrogens with two attached hydrogens (primary N) is 1. The molecule has 1 aromatic heterocycles. The Morgan fingerprint density at radius 3 is 2.44 bits per heavy atom. The number of amides is 1. The number of carbonyl (C=O) groups excluding carboxylic acids is 1. The van der Waals surface area contributed by atoms with Crippen LogP contribution in [0.5, 0.6) is 0 Å². The highest BCUT2D eigenvalue weighted by Crippen LogP contribution is 2.19. The van der Waals surface area contributed by atoms with Crippen LogP contribution < -0.4 is 16.6 Å². The molecule has 0 aliphatic carbocycles. The van der Waals surface area contributed by atoms with Gasteiger partial charge in [-0.25, -0.2) is 13.8 Å². The Hall–Kier alpha value is -5.14. The normalized spacial score (nSPS) is 10.7. The second kappa shape index (κ2) is 12.8. The first-order valence-corrected chi connectivity index (χ1v) is 12.6. The lowest BCUT2D eigenvalue weighted by molar-refractivity contribution is 0.0956. The van der Waals surface area contributed by atoms with Crippen LogP contribution in [0, 0.1) is 28.9 Å². The van der Waals surface area contributed by atoms with Crippen molar-refractivity contribution < 1.29 is 13.6 Å². The van der Waals surface area contributed by atoms with Gasteiger partial charge in [-0.1, -0.05) is 42.2 Å². The second-order valence-electron chi connectivity index (χ2n) is 9.59. The number of nitrogens with one attached hydrogen (secondary N) is 2. The zero-order valence-corrected chi connectivity index (χ0v) is 22.5. The first kappa shape index (κ1) is 28.9. The Morgan fingerprint density at radius 2 is 1.76 bits per heavy atom. The first-order chi connectivity index (χ1) is 19.6. The molecule has 0 unspecified atom stereocenters. The lowest BCUT2D eigenvalue weighted by Crippen LogP contribution is -2.33. The zero-order chi connectivity index (χ0) is 29.5. The molecule has 1 amide bonds. The predicted octanol–water partition coefficient (Wildman–Crippen LogP) is 3.41. The van der Waals surface area contributed by atoms with Crippen molar-refractivity contribution in [2.45, 2.75) is 13.1 Å². The van der Waals surface area contributed by atoms with Crippen molar-refractivity contribution in [3.63, 3.8) is 0 Å². The second-order valence-corrected chi connectivity index (χ2v) is 9.59. The molecule has 4 rings (SSSR count). The number of hydrogen-bond donors (Lipinski definition) is 3. The highest BCUT2D eigenvalue weighted by Gasteiger charge is 2.13. The quantitative estimate of drug-likeness (QED) is 0.175. The van der Waals surface area contributed by atoms with Crippen LogP contribution in [0.25, 0.3) is 0 Å². The van der Waals surface area contributed by atoms with E-state index in [1.165, 1.54) is 12.4 Å². The van der Waals surface area contributed by atoms with Gasteiger partial charge in [-0.2, -0.15) is 0 Å². The molecule has 10 heteroatoms. The smallest absolute Gasteiger partial charge is 0.266 e. The summed E-state index contributed by atoms with van der Waals surface area (Å²) in [6.07, 6.45) is 2.35.